The van der Waals surface area contributed by atoms with Gasteiger partial charge in [-0.3, -0.25) is 9.89 Å². The Labute approximate surface area is 103 Å². The fraction of sp³-hybridized carbons (Fsp3) is 0.700. The van der Waals surface area contributed by atoms with Crippen LogP contribution in [-0.4, -0.2) is 29.7 Å². The van der Waals surface area contributed by atoms with E-state index in [4.69, 9.17) is 0 Å². The monoisotopic (exact) mass is 274 g/mol. The van der Waals surface area contributed by atoms with Gasteiger partial charge in [-0.2, -0.15) is 11.8 Å². The predicted octanol–water partition coefficient (Wildman–Crippen LogP) is 0.457. The van der Waals surface area contributed by atoms with Crippen LogP contribution in [0.4, 0.5) is 0 Å². The van der Waals surface area contributed by atoms with Crippen LogP contribution in [0.2, 0.25) is 0 Å². The zero-order valence-corrected chi connectivity index (χ0v) is 11.2. The maximum Gasteiger partial charge on any atom is 0.271 e. The standard InChI is InChI=1S/C10H14N2O3S2/c1-10(2-3-17(14,15)6-10)12-9(13)7-4-16-5-8(7)11-12/h11H,2-6H2,1H3. The molecule has 0 amide bonds. The Balaban J connectivity index is 2.09. The Bertz CT molecular complexity index is 628. The second-order valence-electron chi connectivity index (χ2n) is 5.04. The van der Waals surface area contributed by atoms with E-state index in [1.807, 2.05) is 6.92 Å². The molecule has 0 aliphatic carbocycles. The molecule has 1 aromatic rings. The lowest BCUT2D eigenvalue weighted by atomic mass is 10.0. The van der Waals surface area contributed by atoms with E-state index in [2.05, 4.69) is 5.10 Å². The molecule has 94 valence electrons. The Morgan fingerprint density at radius 1 is 1.41 bits per heavy atom. The summed E-state index contributed by atoms with van der Waals surface area (Å²) in [5.41, 5.74) is 1.15. The zero-order chi connectivity index (χ0) is 12.3. The van der Waals surface area contributed by atoms with E-state index < -0.39 is 15.4 Å². The lowest BCUT2D eigenvalue weighted by Crippen LogP contribution is -2.39. The van der Waals surface area contributed by atoms with Crippen molar-refractivity contribution >= 4 is 21.6 Å². The fourth-order valence-electron chi connectivity index (χ4n) is 2.59. The third-order valence-electron chi connectivity index (χ3n) is 3.59. The van der Waals surface area contributed by atoms with Gasteiger partial charge in [0.25, 0.3) is 5.56 Å². The van der Waals surface area contributed by atoms with Crippen LogP contribution in [-0.2, 0) is 26.9 Å². The van der Waals surface area contributed by atoms with E-state index in [0.717, 1.165) is 22.8 Å². The number of hydrogen-bond acceptors (Lipinski definition) is 4. The molecule has 0 radical (unpaired) electrons. The third kappa shape index (κ3) is 1.67. The van der Waals surface area contributed by atoms with Crippen molar-refractivity contribution in [3.05, 3.63) is 21.6 Å². The second-order valence-corrected chi connectivity index (χ2v) is 8.21. The van der Waals surface area contributed by atoms with Gasteiger partial charge in [-0.15, -0.1) is 0 Å². The molecule has 2 aliphatic rings. The average molecular weight is 274 g/mol. The van der Waals surface area contributed by atoms with E-state index in [1.165, 1.54) is 0 Å². The van der Waals surface area contributed by atoms with Crippen molar-refractivity contribution < 1.29 is 8.42 Å². The predicted molar refractivity (Wildman–Crippen MR) is 67.0 cm³/mol. The molecule has 3 rings (SSSR count). The van der Waals surface area contributed by atoms with Gasteiger partial charge >= 0.3 is 0 Å². The number of H-pyrrole nitrogens is 1. The number of rotatable bonds is 1. The minimum Gasteiger partial charge on any atom is -0.298 e. The molecule has 2 aliphatic heterocycles. The maximum atomic E-state index is 12.2. The van der Waals surface area contributed by atoms with Crippen LogP contribution in [0.1, 0.15) is 24.6 Å². The number of thioether (sulfide) groups is 1. The summed E-state index contributed by atoms with van der Waals surface area (Å²) in [4.78, 5) is 12.2. The van der Waals surface area contributed by atoms with Gasteiger partial charge in [-0.1, -0.05) is 0 Å². The van der Waals surface area contributed by atoms with Crippen molar-refractivity contribution in [1.82, 2.24) is 9.78 Å². The molecule has 0 spiro atoms. The molecular formula is C10H14N2O3S2. The highest BCUT2D eigenvalue weighted by Gasteiger charge is 2.42. The number of fused-ring (bicyclic) bond motifs is 1. The minimum absolute atomic E-state index is 0.0374. The van der Waals surface area contributed by atoms with Gasteiger partial charge in [0.1, 0.15) is 0 Å². The van der Waals surface area contributed by atoms with Crippen molar-refractivity contribution in [2.45, 2.75) is 30.4 Å². The molecule has 1 atom stereocenters. The lowest BCUT2D eigenvalue weighted by molar-refractivity contribution is 0.318. The van der Waals surface area contributed by atoms with E-state index in [0.29, 0.717) is 6.42 Å². The van der Waals surface area contributed by atoms with Crippen LogP contribution in [0.3, 0.4) is 0 Å². The summed E-state index contributed by atoms with van der Waals surface area (Å²) >= 11 is 1.71. The number of aromatic nitrogens is 2. The molecule has 7 heteroatoms. The molecule has 3 heterocycles. The highest BCUT2D eigenvalue weighted by Crippen LogP contribution is 2.32. The van der Waals surface area contributed by atoms with Crippen LogP contribution in [0.25, 0.3) is 0 Å². The van der Waals surface area contributed by atoms with Gasteiger partial charge in [0, 0.05) is 11.5 Å². The first-order valence-electron chi connectivity index (χ1n) is 5.53. The summed E-state index contributed by atoms with van der Waals surface area (Å²) in [5, 5.41) is 3.10. The summed E-state index contributed by atoms with van der Waals surface area (Å²) in [6.45, 7) is 1.84. The molecule has 1 aromatic heterocycles. The summed E-state index contributed by atoms with van der Waals surface area (Å²) in [5.74, 6) is 1.79. The molecule has 1 fully saturated rings. The molecule has 1 unspecified atom stereocenters. The average Bonchev–Trinajstić information content (AvgIpc) is 2.85. The largest absolute Gasteiger partial charge is 0.298 e. The number of nitrogens with zero attached hydrogens (tertiary/aromatic N) is 1. The molecule has 1 N–H and O–H groups in total. The van der Waals surface area contributed by atoms with E-state index in [1.54, 1.807) is 16.4 Å². The van der Waals surface area contributed by atoms with Gasteiger partial charge in [0.05, 0.1) is 28.3 Å². The van der Waals surface area contributed by atoms with Crippen LogP contribution in [0.5, 0.6) is 0 Å². The van der Waals surface area contributed by atoms with Crippen molar-refractivity contribution in [3.8, 4) is 0 Å². The first-order chi connectivity index (χ1) is 7.91. The molecule has 0 bridgehead atoms. The van der Waals surface area contributed by atoms with Gasteiger partial charge in [0.15, 0.2) is 9.84 Å². The van der Waals surface area contributed by atoms with E-state index in [-0.39, 0.29) is 17.1 Å². The molecule has 0 aromatic carbocycles. The smallest absolute Gasteiger partial charge is 0.271 e. The van der Waals surface area contributed by atoms with Gasteiger partial charge in [-0.05, 0) is 13.3 Å². The van der Waals surface area contributed by atoms with Gasteiger partial charge < -0.3 is 0 Å². The number of hydrogen-bond donors (Lipinski definition) is 1. The summed E-state index contributed by atoms with van der Waals surface area (Å²) in [7, 11) is -3.00. The SMILES string of the molecule is CC1(n2[nH]c3c(c2=O)CSC3)CCS(=O)(=O)C1. The summed E-state index contributed by atoms with van der Waals surface area (Å²) < 4.78 is 24.7. The highest BCUT2D eigenvalue weighted by molar-refractivity contribution is 7.98. The number of aromatic amines is 1. The summed E-state index contributed by atoms with van der Waals surface area (Å²) in [6.07, 6.45) is 0.516. The first-order valence-corrected chi connectivity index (χ1v) is 8.50. The maximum absolute atomic E-state index is 12.2. The quantitative estimate of drug-likeness (QED) is 0.807. The van der Waals surface area contributed by atoms with Crippen LogP contribution in [0, 0.1) is 0 Å². The van der Waals surface area contributed by atoms with E-state index >= 15 is 0 Å². The first kappa shape index (κ1) is 11.4. The lowest BCUT2D eigenvalue weighted by Gasteiger charge is -2.23. The third-order valence-corrected chi connectivity index (χ3v) is 6.46. The van der Waals surface area contributed by atoms with Crippen LogP contribution < -0.4 is 5.56 Å². The molecule has 17 heavy (non-hydrogen) atoms. The number of sulfone groups is 1. The molecule has 5 nitrogen and oxygen atoms in total. The van der Waals surface area contributed by atoms with Crippen molar-refractivity contribution in [2.75, 3.05) is 11.5 Å². The van der Waals surface area contributed by atoms with Gasteiger partial charge in [0.2, 0.25) is 0 Å². The Hall–Kier alpha value is -0.690. The molecular weight excluding hydrogens is 260 g/mol. The Kier molecular flexibility index (Phi) is 2.29. The topological polar surface area (TPSA) is 71.9 Å². The minimum atomic E-state index is -3.00. The summed E-state index contributed by atoms with van der Waals surface area (Å²) in [6, 6.07) is 0. The molecule has 0 saturated carbocycles. The van der Waals surface area contributed by atoms with E-state index in [9.17, 15) is 13.2 Å². The Morgan fingerprint density at radius 3 is 2.76 bits per heavy atom. The van der Waals surface area contributed by atoms with Crippen LogP contribution >= 0.6 is 11.8 Å². The zero-order valence-electron chi connectivity index (χ0n) is 9.52. The van der Waals surface area contributed by atoms with Crippen molar-refractivity contribution in [2.24, 2.45) is 0 Å². The van der Waals surface area contributed by atoms with Crippen molar-refractivity contribution in [3.63, 3.8) is 0 Å². The Morgan fingerprint density at radius 2 is 2.18 bits per heavy atom. The van der Waals surface area contributed by atoms with Gasteiger partial charge in [-0.25, -0.2) is 13.1 Å². The number of nitrogens with one attached hydrogen (secondary N) is 1. The molecule has 1 saturated heterocycles. The fourth-order valence-corrected chi connectivity index (χ4v) is 5.75. The van der Waals surface area contributed by atoms with Crippen molar-refractivity contribution in [1.29, 1.82) is 0 Å². The highest BCUT2D eigenvalue weighted by atomic mass is 32.2. The van der Waals surface area contributed by atoms with Crippen LogP contribution in [0.15, 0.2) is 4.79 Å². The normalized spacial score (nSPS) is 30.6. The second kappa shape index (κ2) is 3.41.